The SMILES string of the molecule is Cl.O=C(NCC1(Cc2ccccc2)CCC1)C1CC(O)CN1. The maximum absolute atomic E-state index is 12.1. The lowest BCUT2D eigenvalue weighted by Gasteiger charge is -2.42. The summed E-state index contributed by atoms with van der Waals surface area (Å²) >= 11 is 0. The Balaban J connectivity index is 0.00000176. The third kappa shape index (κ3) is 4.00. The van der Waals surface area contributed by atoms with Crippen molar-refractivity contribution < 1.29 is 9.90 Å². The van der Waals surface area contributed by atoms with Crippen LogP contribution in [0.25, 0.3) is 0 Å². The van der Waals surface area contributed by atoms with Crippen LogP contribution in [0, 0.1) is 5.41 Å². The lowest BCUT2D eigenvalue weighted by atomic mass is 9.65. The summed E-state index contributed by atoms with van der Waals surface area (Å²) in [5, 5.41) is 15.6. The van der Waals surface area contributed by atoms with E-state index in [-0.39, 0.29) is 35.9 Å². The zero-order chi connectivity index (χ0) is 14.7. The van der Waals surface area contributed by atoms with E-state index in [9.17, 15) is 9.90 Å². The fourth-order valence-electron chi connectivity index (χ4n) is 3.44. The summed E-state index contributed by atoms with van der Waals surface area (Å²) in [4.78, 5) is 12.1. The molecule has 1 saturated heterocycles. The summed E-state index contributed by atoms with van der Waals surface area (Å²) in [6.45, 7) is 1.27. The van der Waals surface area contributed by atoms with E-state index in [2.05, 4.69) is 34.9 Å². The normalized spacial score (nSPS) is 25.9. The van der Waals surface area contributed by atoms with Crippen LogP contribution < -0.4 is 10.6 Å². The molecule has 22 heavy (non-hydrogen) atoms. The summed E-state index contributed by atoms with van der Waals surface area (Å²) in [5.41, 5.74) is 1.58. The molecule has 2 aliphatic rings. The second kappa shape index (κ2) is 7.44. The van der Waals surface area contributed by atoms with Crippen LogP contribution in [0.3, 0.4) is 0 Å². The molecular formula is C17H25ClN2O2. The van der Waals surface area contributed by atoms with Crippen LogP contribution in [0.5, 0.6) is 0 Å². The molecule has 1 aromatic rings. The van der Waals surface area contributed by atoms with E-state index in [1.54, 1.807) is 0 Å². The monoisotopic (exact) mass is 324 g/mol. The average molecular weight is 325 g/mol. The van der Waals surface area contributed by atoms with Gasteiger partial charge in [0.15, 0.2) is 0 Å². The fraction of sp³-hybridized carbons (Fsp3) is 0.588. The number of hydrogen-bond donors (Lipinski definition) is 3. The van der Waals surface area contributed by atoms with E-state index in [1.165, 1.54) is 24.8 Å². The molecular weight excluding hydrogens is 300 g/mol. The molecule has 1 aliphatic heterocycles. The highest BCUT2D eigenvalue weighted by molar-refractivity contribution is 5.85. The van der Waals surface area contributed by atoms with Gasteiger partial charge < -0.3 is 15.7 Å². The van der Waals surface area contributed by atoms with Crippen LogP contribution in [-0.2, 0) is 11.2 Å². The molecule has 5 heteroatoms. The summed E-state index contributed by atoms with van der Waals surface area (Å²) in [6, 6.07) is 10.3. The van der Waals surface area contributed by atoms with Crippen molar-refractivity contribution >= 4 is 18.3 Å². The fourth-order valence-corrected chi connectivity index (χ4v) is 3.44. The molecule has 4 nitrogen and oxygen atoms in total. The van der Waals surface area contributed by atoms with Crippen LogP contribution >= 0.6 is 12.4 Å². The zero-order valence-electron chi connectivity index (χ0n) is 12.8. The van der Waals surface area contributed by atoms with Crippen LogP contribution in [-0.4, -0.2) is 36.2 Å². The van der Waals surface area contributed by atoms with E-state index < -0.39 is 0 Å². The number of halogens is 1. The highest BCUT2D eigenvalue weighted by Crippen LogP contribution is 2.43. The number of aliphatic hydroxyl groups is 1. The number of rotatable bonds is 5. The van der Waals surface area contributed by atoms with Gasteiger partial charge in [0.25, 0.3) is 0 Å². The van der Waals surface area contributed by atoms with Gasteiger partial charge in [-0.05, 0) is 36.7 Å². The molecule has 3 rings (SSSR count). The Bertz CT molecular complexity index is 491. The Hall–Kier alpha value is -1.10. The Labute approximate surface area is 138 Å². The van der Waals surface area contributed by atoms with Crippen molar-refractivity contribution in [1.29, 1.82) is 0 Å². The predicted octanol–water partition coefficient (Wildman–Crippen LogP) is 1.66. The van der Waals surface area contributed by atoms with Crippen molar-refractivity contribution in [1.82, 2.24) is 10.6 Å². The molecule has 0 spiro atoms. The summed E-state index contributed by atoms with van der Waals surface area (Å²) in [5.74, 6) is 0.0332. The highest BCUT2D eigenvalue weighted by atomic mass is 35.5. The number of β-amino-alcohol motifs (C(OH)–C–C–N with tert-alkyl or cyclic N) is 1. The number of nitrogens with one attached hydrogen (secondary N) is 2. The first-order chi connectivity index (χ1) is 10.2. The van der Waals surface area contributed by atoms with Gasteiger partial charge in [-0.1, -0.05) is 36.8 Å². The predicted molar refractivity (Wildman–Crippen MR) is 89.1 cm³/mol. The lowest BCUT2D eigenvalue weighted by Crippen LogP contribution is -2.48. The topological polar surface area (TPSA) is 61.4 Å². The van der Waals surface area contributed by atoms with E-state index in [1.807, 2.05) is 6.07 Å². The quantitative estimate of drug-likeness (QED) is 0.772. The van der Waals surface area contributed by atoms with Gasteiger partial charge in [-0.3, -0.25) is 4.79 Å². The molecule has 2 atom stereocenters. The minimum Gasteiger partial charge on any atom is -0.392 e. The van der Waals surface area contributed by atoms with Gasteiger partial charge in [0, 0.05) is 13.1 Å². The second-order valence-corrected chi connectivity index (χ2v) is 6.58. The molecule has 2 fully saturated rings. The third-order valence-corrected chi connectivity index (χ3v) is 4.90. The van der Waals surface area contributed by atoms with Gasteiger partial charge in [0.1, 0.15) is 0 Å². The molecule has 0 bridgehead atoms. The molecule has 1 heterocycles. The van der Waals surface area contributed by atoms with Gasteiger partial charge in [0.2, 0.25) is 5.91 Å². The van der Waals surface area contributed by atoms with E-state index in [0.29, 0.717) is 13.0 Å². The molecule has 0 aromatic heterocycles. The van der Waals surface area contributed by atoms with Crippen LogP contribution in [0.2, 0.25) is 0 Å². The van der Waals surface area contributed by atoms with Gasteiger partial charge in [0.05, 0.1) is 12.1 Å². The molecule has 1 amide bonds. The Morgan fingerprint density at radius 3 is 2.59 bits per heavy atom. The van der Waals surface area contributed by atoms with Crippen molar-refractivity contribution in [2.75, 3.05) is 13.1 Å². The number of aliphatic hydroxyl groups excluding tert-OH is 1. The largest absolute Gasteiger partial charge is 0.392 e. The first-order valence-corrected chi connectivity index (χ1v) is 7.90. The lowest BCUT2D eigenvalue weighted by molar-refractivity contribution is -0.123. The molecule has 3 N–H and O–H groups in total. The minimum absolute atomic E-state index is 0. The number of benzene rings is 1. The van der Waals surface area contributed by atoms with Gasteiger partial charge in [-0.25, -0.2) is 0 Å². The highest BCUT2D eigenvalue weighted by Gasteiger charge is 2.38. The van der Waals surface area contributed by atoms with Crippen molar-refractivity contribution in [3.05, 3.63) is 35.9 Å². The molecule has 122 valence electrons. The molecule has 2 unspecified atom stereocenters. The van der Waals surface area contributed by atoms with Crippen molar-refractivity contribution in [2.24, 2.45) is 5.41 Å². The Morgan fingerprint density at radius 1 is 1.32 bits per heavy atom. The first kappa shape index (κ1) is 17.3. The first-order valence-electron chi connectivity index (χ1n) is 7.90. The van der Waals surface area contributed by atoms with Crippen molar-refractivity contribution in [3.8, 4) is 0 Å². The third-order valence-electron chi connectivity index (χ3n) is 4.90. The standard InChI is InChI=1S/C17H24N2O2.ClH/c20-14-9-15(18-11-14)16(21)19-12-17(7-4-8-17)10-13-5-2-1-3-6-13;/h1-3,5-6,14-15,18,20H,4,7-12H2,(H,19,21);1H. The maximum Gasteiger partial charge on any atom is 0.237 e. The Morgan fingerprint density at radius 2 is 2.05 bits per heavy atom. The average Bonchev–Trinajstić information content (AvgIpc) is 2.89. The molecule has 1 aromatic carbocycles. The number of hydrogen-bond acceptors (Lipinski definition) is 3. The van der Waals surface area contributed by atoms with Crippen LogP contribution in [0.4, 0.5) is 0 Å². The van der Waals surface area contributed by atoms with Crippen molar-refractivity contribution in [3.63, 3.8) is 0 Å². The summed E-state index contributed by atoms with van der Waals surface area (Å²) in [7, 11) is 0. The molecule has 1 saturated carbocycles. The number of carbonyl (C=O) groups is 1. The van der Waals surface area contributed by atoms with Gasteiger partial charge >= 0.3 is 0 Å². The summed E-state index contributed by atoms with van der Waals surface area (Å²) < 4.78 is 0. The summed E-state index contributed by atoms with van der Waals surface area (Å²) in [6.07, 6.45) is 4.80. The van der Waals surface area contributed by atoms with E-state index in [4.69, 9.17) is 0 Å². The smallest absolute Gasteiger partial charge is 0.237 e. The maximum atomic E-state index is 12.1. The number of carbonyl (C=O) groups excluding carboxylic acids is 1. The van der Waals surface area contributed by atoms with E-state index in [0.717, 1.165) is 13.0 Å². The zero-order valence-corrected chi connectivity index (χ0v) is 13.6. The molecule has 0 radical (unpaired) electrons. The number of amides is 1. The van der Waals surface area contributed by atoms with Gasteiger partial charge in [-0.2, -0.15) is 0 Å². The van der Waals surface area contributed by atoms with E-state index >= 15 is 0 Å². The minimum atomic E-state index is -0.386. The van der Waals surface area contributed by atoms with Crippen molar-refractivity contribution in [2.45, 2.75) is 44.2 Å². The Kier molecular flexibility index (Phi) is 5.84. The molecule has 1 aliphatic carbocycles. The van der Waals surface area contributed by atoms with Crippen LogP contribution in [0.15, 0.2) is 30.3 Å². The van der Waals surface area contributed by atoms with Gasteiger partial charge in [-0.15, -0.1) is 12.4 Å². The second-order valence-electron chi connectivity index (χ2n) is 6.58. The van der Waals surface area contributed by atoms with Crippen LogP contribution in [0.1, 0.15) is 31.2 Å².